The number of esters is 1. The number of carbonyl (C=O) groups excluding carboxylic acids is 1. The Morgan fingerprint density at radius 1 is 1.43 bits per heavy atom. The largest absolute Gasteiger partial charge is 0.469 e. The van der Waals surface area contributed by atoms with E-state index in [0.717, 1.165) is 31.4 Å². The van der Waals surface area contributed by atoms with Crippen LogP contribution in [0.2, 0.25) is 0 Å². The molecule has 14 heavy (non-hydrogen) atoms. The van der Waals surface area contributed by atoms with Crippen molar-refractivity contribution < 1.29 is 13.9 Å². The summed E-state index contributed by atoms with van der Waals surface area (Å²) < 4.78 is 10.0. The quantitative estimate of drug-likeness (QED) is 0.518. The first-order valence-electron chi connectivity index (χ1n) is 4.95. The third-order valence-electron chi connectivity index (χ3n) is 1.95. The summed E-state index contributed by atoms with van der Waals surface area (Å²) in [5.74, 6) is 0.827. The Morgan fingerprint density at radius 3 is 2.93 bits per heavy atom. The molecule has 0 radical (unpaired) electrons. The van der Waals surface area contributed by atoms with E-state index in [4.69, 9.17) is 9.15 Å². The van der Waals surface area contributed by atoms with E-state index in [0.29, 0.717) is 6.61 Å². The maximum absolute atomic E-state index is 10.4. The second-order valence-corrected chi connectivity index (χ2v) is 3.23. The first-order valence-corrected chi connectivity index (χ1v) is 4.95. The molecule has 0 fully saturated rings. The zero-order chi connectivity index (χ0) is 10.2. The highest BCUT2D eigenvalue weighted by Crippen LogP contribution is 2.06. The van der Waals surface area contributed by atoms with Crippen molar-refractivity contribution in [3.63, 3.8) is 0 Å². The van der Waals surface area contributed by atoms with Gasteiger partial charge in [-0.1, -0.05) is 0 Å². The Labute approximate surface area is 84.1 Å². The second kappa shape index (κ2) is 6.24. The van der Waals surface area contributed by atoms with Crippen molar-refractivity contribution in [2.45, 2.75) is 32.6 Å². The fraction of sp³-hybridized carbons (Fsp3) is 0.545. The summed E-state index contributed by atoms with van der Waals surface area (Å²) in [5, 5.41) is 0. The normalized spacial score (nSPS) is 10.1. The third kappa shape index (κ3) is 4.70. The van der Waals surface area contributed by atoms with E-state index in [1.807, 2.05) is 12.1 Å². The number of carbonyl (C=O) groups is 1. The standard InChI is InChI=1S/C11H16O3/c1-10(12)13-8-4-2-3-6-11-7-5-9-14-11/h5,7,9H,2-4,6,8H2,1H3. The van der Waals surface area contributed by atoms with Crippen LogP contribution < -0.4 is 0 Å². The minimum atomic E-state index is -0.198. The summed E-state index contributed by atoms with van der Waals surface area (Å²) in [7, 11) is 0. The minimum absolute atomic E-state index is 0.198. The molecule has 0 saturated heterocycles. The van der Waals surface area contributed by atoms with Gasteiger partial charge in [-0.25, -0.2) is 0 Å². The van der Waals surface area contributed by atoms with Crippen LogP contribution in [0.4, 0.5) is 0 Å². The summed E-state index contributed by atoms with van der Waals surface area (Å²) in [5.41, 5.74) is 0. The molecule has 3 heteroatoms. The van der Waals surface area contributed by atoms with Gasteiger partial charge in [0.1, 0.15) is 5.76 Å². The molecule has 1 rings (SSSR count). The van der Waals surface area contributed by atoms with Crippen LogP contribution in [0.15, 0.2) is 22.8 Å². The van der Waals surface area contributed by atoms with Crippen LogP contribution in [0.5, 0.6) is 0 Å². The molecule has 0 spiro atoms. The van der Waals surface area contributed by atoms with E-state index in [1.54, 1.807) is 6.26 Å². The zero-order valence-electron chi connectivity index (χ0n) is 8.49. The molecule has 0 N–H and O–H groups in total. The Balaban J connectivity index is 1.92. The van der Waals surface area contributed by atoms with Crippen molar-refractivity contribution >= 4 is 5.97 Å². The molecule has 0 unspecified atom stereocenters. The molecule has 1 aromatic rings. The molecule has 0 bridgehead atoms. The van der Waals surface area contributed by atoms with E-state index in [9.17, 15) is 4.79 Å². The van der Waals surface area contributed by atoms with Gasteiger partial charge in [0.25, 0.3) is 0 Å². The van der Waals surface area contributed by atoms with Crippen LogP contribution in [0.25, 0.3) is 0 Å². The smallest absolute Gasteiger partial charge is 0.302 e. The van der Waals surface area contributed by atoms with E-state index in [2.05, 4.69) is 0 Å². The zero-order valence-corrected chi connectivity index (χ0v) is 8.49. The SMILES string of the molecule is CC(=O)OCCCCCc1ccco1. The van der Waals surface area contributed by atoms with Gasteiger partial charge in [-0.15, -0.1) is 0 Å². The lowest BCUT2D eigenvalue weighted by atomic mass is 10.2. The van der Waals surface area contributed by atoms with E-state index in [1.165, 1.54) is 6.92 Å². The van der Waals surface area contributed by atoms with Crippen molar-refractivity contribution in [1.29, 1.82) is 0 Å². The highest BCUT2D eigenvalue weighted by Gasteiger charge is 1.96. The van der Waals surface area contributed by atoms with Crippen molar-refractivity contribution in [2.75, 3.05) is 6.61 Å². The average molecular weight is 196 g/mol. The molecule has 3 nitrogen and oxygen atoms in total. The summed E-state index contributed by atoms with van der Waals surface area (Å²) >= 11 is 0. The van der Waals surface area contributed by atoms with Crippen LogP contribution in [0.3, 0.4) is 0 Å². The van der Waals surface area contributed by atoms with Gasteiger partial charge >= 0.3 is 5.97 Å². The second-order valence-electron chi connectivity index (χ2n) is 3.23. The lowest BCUT2D eigenvalue weighted by Gasteiger charge is -2.00. The van der Waals surface area contributed by atoms with Crippen molar-refractivity contribution in [1.82, 2.24) is 0 Å². The number of rotatable bonds is 6. The van der Waals surface area contributed by atoms with Crippen LogP contribution in [0.1, 0.15) is 31.9 Å². The average Bonchev–Trinajstić information content (AvgIpc) is 2.63. The predicted molar refractivity (Wildman–Crippen MR) is 52.9 cm³/mol. The molecule has 0 saturated carbocycles. The van der Waals surface area contributed by atoms with Gasteiger partial charge in [0, 0.05) is 13.3 Å². The van der Waals surface area contributed by atoms with E-state index < -0.39 is 0 Å². The Bertz CT molecular complexity index is 252. The molecule has 0 aliphatic heterocycles. The van der Waals surface area contributed by atoms with Gasteiger partial charge in [-0.05, 0) is 31.4 Å². The number of furan rings is 1. The summed E-state index contributed by atoms with van der Waals surface area (Å²) in [6.45, 7) is 1.97. The predicted octanol–water partition coefficient (Wildman–Crippen LogP) is 2.56. The Hall–Kier alpha value is -1.25. The summed E-state index contributed by atoms with van der Waals surface area (Å²) in [6, 6.07) is 3.88. The first kappa shape index (κ1) is 10.8. The maximum atomic E-state index is 10.4. The lowest BCUT2D eigenvalue weighted by Crippen LogP contribution is -2.00. The Kier molecular flexibility index (Phi) is 4.83. The summed E-state index contributed by atoms with van der Waals surface area (Å²) in [6.07, 6.45) is 5.73. The van der Waals surface area contributed by atoms with Gasteiger partial charge in [0.2, 0.25) is 0 Å². The number of aryl methyl sites for hydroxylation is 1. The molecule has 0 aromatic carbocycles. The fourth-order valence-electron chi connectivity index (χ4n) is 1.25. The van der Waals surface area contributed by atoms with Crippen LogP contribution >= 0.6 is 0 Å². The number of ether oxygens (including phenoxy) is 1. The number of hydrogen-bond donors (Lipinski definition) is 0. The topological polar surface area (TPSA) is 39.4 Å². The van der Waals surface area contributed by atoms with Crippen molar-refractivity contribution in [3.05, 3.63) is 24.2 Å². The first-order chi connectivity index (χ1) is 6.79. The molecule has 0 atom stereocenters. The van der Waals surface area contributed by atoms with Gasteiger partial charge in [-0.3, -0.25) is 4.79 Å². The molecule has 0 amide bonds. The minimum Gasteiger partial charge on any atom is -0.469 e. The Morgan fingerprint density at radius 2 is 2.29 bits per heavy atom. The van der Waals surface area contributed by atoms with Crippen LogP contribution in [-0.2, 0) is 16.0 Å². The van der Waals surface area contributed by atoms with Crippen molar-refractivity contribution in [2.24, 2.45) is 0 Å². The van der Waals surface area contributed by atoms with Gasteiger partial charge < -0.3 is 9.15 Å². The number of unbranched alkanes of at least 4 members (excludes halogenated alkanes) is 2. The molecule has 0 aliphatic rings. The molecule has 78 valence electrons. The molecular formula is C11H16O3. The fourth-order valence-corrected chi connectivity index (χ4v) is 1.25. The molecule has 0 aliphatic carbocycles. The molecule has 1 aromatic heterocycles. The van der Waals surface area contributed by atoms with Crippen molar-refractivity contribution in [3.8, 4) is 0 Å². The highest BCUT2D eigenvalue weighted by molar-refractivity contribution is 5.65. The van der Waals surface area contributed by atoms with Crippen LogP contribution in [0, 0.1) is 0 Å². The van der Waals surface area contributed by atoms with Gasteiger partial charge in [-0.2, -0.15) is 0 Å². The van der Waals surface area contributed by atoms with Gasteiger partial charge in [0.15, 0.2) is 0 Å². The summed E-state index contributed by atoms with van der Waals surface area (Å²) in [4.78, 5) is 10.4. The maximum Gasteiger partial charge on any atom is 0.302 e. The third-order valence-corrected chi connectivity index (χ3v) is 1.95. The molecule has 1 heterocycles. The highest BCUT2D eigenvalue weighted by atomic mass is 16.5. The van der Waals surface area contributed by atoms with Gasteiger partial charge in [0.05, 0.1) is 12.9 Å². The monoisotopic (exact) mass is 196 g/mol. The van der Waals surface area contributed by atoms with E-state index in [-0.39, 0.29) is 5.97 Å². The molecular weight excluding hydrogens is 180 g/mol. The lowest BCUT2D eigenvalue weighted by molar-refractivity contribution is -0.141. The van der Waals surface area contributed by atoms with E-state index >= 15 is 0 Å². The number of hydrogen-bond acceptors (Lipinski definition) is 3. The van der Waals surface area contributed by atoms with Crippen LogP contribution in [-0.4, -0.2) is 12.6 Å².